The van der Waals surface area contributed by atoms with Gasteiger partial charge in [0.2, 0.25) is 5.91 Å². The highest BCUT2D eigenvalue weighted by atomic mass is 32.1. The van der Waals surface area contributed by atoms with Gasteiger partial charge in [0.05, 0.1) is 6.54 Å². The van der Waals surface area contributed by atoms with Crippen molar-refractivity contribution in [3.05, 3.63) is 44.8 Å². The second-order valence-corrected chi connectivity index (χ2v) is 4.62. The molecule has 1 amide bonds. The molecule has 2 aromatic heterocycles. The summed E-state index contributed by atoms with van der Waals surface area (Å²) in [5.41, 5.74) is 0.674. The Balaban J connectivity index is 1.92. The molecule has 0 radical (unpaired) electrons. The summed E-state index contributed by atoms with van der Waals surface area (Å²) in [6.07, 6.45) is 1.52. The number of amides is 1. The van der Waals surface area contributed by atoms with Gasteiger partial charge in [-0.1, -0.05) is 11.3 Å². The number of carbonyl (C=O) groups excluding carboxylic acids is 1. The SMILES string of the molecule is O=C(Cn1cccc1C(=O)O)NCc1csc(=O)[nH]1. The zero-order chi connectivity index (χ0) is 13.8. The van der Waals surface area contributed by atoms with E-state index >= 15 is 0 Å². The molecule has 0 aromatic carbocycles. The van der Waals surface area contributed by atoms with Crippen LogP contribution in [0.25, 0.3) is 0 Å². The maximum absolute atomic E-state index is 11.7. The summed E-state index contributed by atoms with van der Waals surface area (Å²) in [6.45, 7) is 0.129. The van der Waals surface area contributed by atoms with E-state index in [4.69, 9.17) is 5.11 Å². The molecular formula is C11H11N3O4S. The Labute approximate surface area is 111 Å². The number of nitrogens with zero attached hydrogens (tertiary/aromatic N) is 1. The first-order chi connectivity index (χ1) is 9.06. The second kappa shape index (κ2) is 5.53. The summed E-state index contributed by atoms with van der Waals surface area (Å²) in [5, 5.41) is 13.1. The number of H-pyrrole nitrogens is 1. The predicted octanol–water partition coefficient (Wildman–Crippen LogP) is 0.253. The van der Waals surface area contributed by atoms with Crippen molar-refractivity contribution in [2.24, 2.45) is 0 Å². The lowest BCUT2D eigenvalue weighted by molar-refractivity contribution is -0.121. The Morgan fingerprint density at radius 3 is 2.89 bits per heavy atom. The van der Waals surface area contributed by atoms with Crippen LogP contribution in [0.15, 0.2) is 28.5 Å². The van der Waals surface area contributed by atoms with Gasteiger partial charge in [-0.15, -0.1) is 0 Å². The number of thiazole rings is 1. The molecule has 0 aliphatic rings. The Morgan fingerprint density at radius 1 is 1.47 bits per heavy atom. The maximum atomic E-state index is 11.7. The number of carboxylic acids is 1. The fourth-order valence-corrected chi connectivity index (χ4v) is 2.13. The van der Waals surface area contributed by atoms with Crippen molar-refractivity contribution in [3.63, 3.8) is 0 Å². The second-order valence-electron chi connectivity index (χ2n) is 3.78. The summed E-state index contributed by atoms with van der Waals surface area (Å²) in [7, 11) is 0. The third-order valence-electron chi connectivity index (χ3n) is 2.41. The number of aromatic nitrogens is 2. The Kier molecular flexibility index (Phi) is 3.81. The minimum atomic E-state index is -1.08. The Bertz CT molecular complexity index is 655. The van der Waals surface area contributed by atoms with E-state index in [2.05, 4.69) is 10.3 Å². The van der Waals surface area contributed by atoms with E-state index in [1.807, 2.05) is 0 Å². The van der Waals surface area contributed by atoms with Crippen LogP contribution in [0.1, 0.15) is 16.2 Å². The van der Waals surface area contributed by atoms with Crippen LogP contribution < -0.4 is 10.2 Å². The molecule has 8 heteroatoms. The Morgan fingerprint density at radius 2 is 2.26 bits per heavy atom. The highest BCUT2D eigenvalue weighted by Gasteiger charge is 2.11. The van der Waals surface area contributed by atoms with Crippen LogP contribution in [0.3, 0.4) is 0 Å². The molecule has 0 atom stereocenters. The number of carboxylic acid groups (broad SMARTS) is 1. The van der Waals surface area contributed by atoms with Gasteiger partial charge >= 0.3 is 10.8 Å². The van der Waals surface area contributed by atoms with Crippen LogP contribution in [0.4, 0.5) is 0 Å². The van der Waals surface area contributed by atoms with Gasteiger partial charge < -0.3 is 20.0 Å². The van der Waals surface area contributed by atoms with Crippen LogP contribution in [-0.2, 0) is 17.9 Å². The molecule has 0 unspecified atom stereocenters. The van der Waals surface area contributed by atoms with Gasteiger partial charge in [-0.05, 0) is 12.1 Å². The third-order valence-corrected chi connectivity index (χ3v) is 3.13. The van der Waals surface area contributed by atoms with Gasteiger partial charge in [0.15, 0.2) is 0 Å². The lowest BCUT2D eigenvalue weighted by Gasteiger charge is -2.06. The van der Waals surface area contributed by atoms with Crippen molar-refractivity contribution in [1.29, 1.82) is 0 Å². The number of carbonyl (C=O) groups is 2. The highest BCUT2D eigenvalue weighted by molar-refractivity contribution is 7.07. The fraction of sp³-hybridized carbons (Fsp3) is 0.182. The van der Waals surface area contributed by atoms with Gasteiger partial charge in [0, 0.05) is 17.3 Å². The summed E-state index contributed by atoms with van der Waals surface area (Å²) in [6, 6.07) is 2.99. The predicted molar refractivity (Wildman–Crippen MR) is 68.2 cm³/mol. The molecule has 0 saturated carbocycles. The number of rotatable bonds is 5. The van der Waals surface area contributed by atoms with Gasteiger partial charge in [0.1, 0.15) is 12.2 Å². The molecule has 0 fully saturated rings. The van der Waals surface area contributed by atoms with Gasteiger partial charge in [-0.25, -0.2) is 4.79 Å². The van der Waals surface area contributed by atoms with E-state index in [9.17, 15) is 14.4 Å². The zero-order valence-electron chi connectivity index (χ0n) is 9.75. The lowest BCUT2D eigenvalue weighted by Crippen LogP contribution is -2.28. The van der Waals surface area contributed by atoms with Crippen molar-refractivity contribution in [3.8, 4) is 0 Å². The quantitative estimate of drug-likeness (QED) is 0.730. The number of hydrogen-bond acceptors (Lipinski definition) is 4. The highest BCUT2D eigenvalue weighted by Crippen LogP contribution is 2.02. The van der Waals surface area contributed by atoms with Crippen LogP contribution in [0.5, 0.6) is 0 Å². The monoisotopic (exact) mass is 281 g/mol. The van der Waals surface area contributed by atoms with Crippen molar-refractivity contribution in [1.82, 2.24) is 14.9 Å². The molecule has 0 spiro atoms. The number of aromatic carboxylic acids is 1. The number of aromatic amines is 1. The normalized spacial score (nSPS) is 10.3. The van der Waals surface area contributed by atoms with E-state index in [-0.39, 0.29) is 29.6 Å². The first-order valence-corrected chi connectivity index (χ1v) is 6.26. The third kappa shape index (κ3) is 3.32. The molecule has 2 rings (SSSR count). The summed E-state index contributed by atoms with van der Waals surface area (Å²) >= 11 is 1.02. The van der Waals surface area contributed by atoms with Crippen LogP contribution in [0.2, 0.25) is 0 Å². The summed E-state index contributed by atoms with van der Waals surface area (Å²) in [5.74, 6) is -1.41. The van der Waals surface area contributed by atoms with E-state index in [1.165, 1.54) is 16.8 Å². The summed E-state index contributed by atoms with van der Waals surface area (Å²) in [4.78, 5) is 35.8. The van der Waals surface area contributed by atoms with Gasteiger partial charge in [0.25, 0.3) is 0 Å². The molecule has 2 heterocycles. The first kappa shape index (κ1) is 13.1. The smallest absolute Gasteiger partial charge is 0.352 e. The maximum Gasteiger partial charge on any atom is 0.352 e. The molecule has 100 valence electrons. The van der Waals surface area contributed by atoms with E-state index in [1.54, 1.807) is 11.4 Å². The molecule has 0 saturated heterocycles. The molecule has 0 aliphatic heterocycles. The van der Waals surface area contributed by atoms with Crippen LogP contribution in [0, 0.1) is 0 Å². The van der Waals surface area contributed by atoms with Crippen LogP contribution >= 0.6 is 11.3 Å². The van der Waals surface area contributed by atoms with Crippen molar-refractivity contribution in [2.45, 2.75) is 13.1 Å². The van der Waals surface area contributed by atoms with Crippen molar-refractivity contribution in [2.75, 3.05) is 0 Å². The standard InChI is InChI=1S/C11H11N3O4S/c15-9(12-4-7-6-19-11(18)13-7)5-14-3-1-2-8(14)10(16)17/h1-3,6H,4-5H2,(H,12,15)(H,13,18)(H,16,17). The van der Waals surface area contributed by atoms with E-state index in [0.29, 0.717) is 5.69 Å². The average molecular weight is 281 g/mol. The number of nitrogens with one attached hydrogen (secondary N) is 2. The minimum Gasteiger partial charge on any atom is -0.477 e. The molecule has 19 heavy (non-hydrogen) atoms. The van der Waals surface area contributed by atoms with Gasteiger partial charge in [-0.3, -0.25) is 9.59 Å². The Hall–Kier alpha value is -2.35. The molecule has 7 nitrogen and oxygen atoms in total. The zero-order valence-corrected chi connectivity index (χ0v) is 10.6. The van der Waals surface area contributed by atoms with E-state index < -0.39 is 5.97 Å². The molecule has 0 aliphatic carbocycles. The summed E-state index contributed by atoms with van der Waals surface area (Å²) < 4.78 is 1.34. The van der Waals surface area contributed by atoms with E-state index in [0.717, 1.165) is 11.3 Å². The van der Waals surface area contributed by atoms with Crippen LogP contribution in [-0.4, -0.2) is 26.5 Å². The van der Waals surface area contributed by atoms with Gasteiger partial charge in [-0.2, -0.15) is 0 Å². The fourth-order valence-electron chi connectivity index (χ4n) is 1.55. The molecule has 2 aromatic rings. The number of hydrogen-bond donors (Lipinski definition) is 3. The molecule has 0 bridgehead atoms. The minimum absolute atomic E-state index is 0.0547. The first-order valence-electron chi connectivity index (χ1n) is 5.38. The van der Waals surface area contributed by atoms with Crippen molar-refractivity contribution < 1.29 is 14.7 Å². The average Bonchev–Trinajstić information content (AvgIpc) is 2.95. The molecule has 3 N–H and O–H groups in total. The van der Waals surface area contributed by atoms with Crippen molar-refractivity contribution >= 4 is 23.2 Å². The topological polar surface area (TPSA) is 104 Å². The largest absolute Gasteiger partial charge is 0.477 e. The molecular weight excluding hydrogens is 270 g/mol. The lowest BCUT2D eigenvalue weighted by atomic mass is 10.4.